The molecule has 0 radical (unpaired) electrons. The van der Waals surface area contributed by atoms with Crippen LogP contribution in [0, 0.1) is 0 Å². The summed E-state index contributed by atoms with van der Waals surface area (Å²) in [6, 6.07) is 24.7. The molecule has 1 saturated heterocycles. The van der Waals surface area contributed by atoms with Gasteiger partial charge in [0.05, 0.1) is 11.6 Å². The second kappa shape index (κ2) is 11.9. The van der Waals surface area contributed by atoms with Crippen LogP contribution in [0.2, 0.25) is 5.02 Å². The summed E-state index contributed by atoms with van der Waals surface area (Å²) >= 11 is 6.08. The third-order valence-electron chi connectivity index (χ3n) is 6.84. The van der Waals surface area contributed by atoms with E-state index in [1.807, 2.05) is 81.4 Å². The van der Waals surface area contributed by atoms with Gasteiger partial charge < -0.3 is 10.6 Å². The van der Waals surface area contributed by atoms with Crippen LogP contribution < -0.4 is 10.6 Å². The van der Waals surface area contributed by atoms with E-state index in [0.29, 0.717) is 23.6 Å². The Morgan fingerprint density at radius 1 is 0.897 bits per heavy atom. The van der Waals surface area contributed by atoms with Gasteiger partial charge in [-0.05, 0) is 68.9 Å². The van der Waals surface area contributed by atoms with E-state index in [1.165, 1.54) is 11.9 Å². The van der Waals surface area contributed by atoms with Gasteiger partial charge in [-0.3, -0.25) is 9.59 Å². The molecule has 7 nitrogen and oxygen atoms in total. The molecule has 1 aliphatic rings. The van der Waals surface area contributed by atoms with Crippen LogP contribution in [0.4, 0.5) is 10.5 Å². The first-order valence-electron chi connectivity index (χ1n) is 13.1. The van der Waals surface area contributed by atoms with Crippen molar-refractivity contribution in [2.75, 3.05) is 5.32 Å². The van der Waals surface area contributed by atoms with Crippen molar-refractivity contribution in [3.63, 3.8) is 0 Å². The van der Waals surface area contributed by atoms with Crippen molar-refractivity contribution in [3.8, 4) is 0 Å². The van der Waals surface area contributed by atoms with Gasteiger partial charge in [0.1, 0.15) is 6.04 Å². The van der Waals surface area contributed by atoms with Crippen molar-refractivity contribution in [2.45, 2.75) is 64.1 Å². The summed E-state index contributed by atoms with van der Waals surface area (Å²) in [4.78, 5) is 40.6. The second-order valence-electron chi connectivity index (χ2n) is 10.9. The van der Waals surface area contributed by atoms with E-state index in [2.05, 4.69) is 10.6 Å². The molecule has 8 heteroatoms. The first-order chi connectivity index (χ1) is 18.5. The molecule has 0 bridgehead atoms. The summed E-state index contributed by atoms with van der Waals surface area (Å²) < 4.78 is 0. The summed E-state index contributed by atoms with van der Waals surface area (Å²) in [6.45, 7) is 7.17. The monoisotopic (exact) mass is 546 g/mol. The minimum Gasteiger partial charge on any atom is -0.326 e. The molecule has 204 valence electrons. The minimum absolute atomic E-state index is 0.0596. The maximum absolute atomic E-state index is 14.4. The van der Waals surface area contributed by atoms with Gasteiger partial charge in [0.2, 0.25) is 5.91 Å². The van der Waals surface area contributed by atoms with Crippen LogP contribution in [0.5, 0.6) is 0 Å². The SMILES string of the molecule is CC(=O)N(N1C(=O)C(NC(=O)Nc2cccc(Cl)c2)CC(c2ccccc2)CC1c1ccccc1)C(C)(C)C. The van der Waals surface area contributed by atoms with Crippen molar-refractivity contribution in [3.05, 3.63) is 101 Å². The number of hydrazine groups is 1. The Kier molecular flexibility index (Phi) is 8.60. The molecular weight excluding hydrogens is 512 g/mol. The fraction of sp³-hybridized carbons (Fsp3) is 0.323. The Labute approximate surface area is 235 Å². The Bertz CT molecular complexity index is 1310. The topological polar surface area (TPSA) is 81.8 Å². The Morgan fingerprint density at radius 2 is 1.51 bits per heavy atom. The van der Waals surface area contributed by atoms with E-state index in [9.17, 15) is 14.4 Å². The molecule has 1 fully saturated rings. The number of rotatable bonds is 5. The molecule has 4 amide bonds. The van der Waals surface area contributed by atoms with Crippen molar-refractivity contribution >= 4 is 35.1 Å². The zero-order chi connectivity index (χ0) is 28.2. The summed E-state index contributed by atoms with van der Waals surface area (Å²) in [5.41, 5.74) is 1.82. The lowest BCUT2D eigenvalue weighted by atomic mass is 9.86. The molecular formula is C31H35ClN4O3. The van der Waals surface area contributed by atoms with E-state index in [-0.39, 0.29) is 17.7 Å². The van der Waals surface area contributed by atoms with Gasteiger partial charge in [0.25, 0.3) is 5.91 Å². The molecule has 3 atom stereocenters. The van der Waals surface area contributed by atoms with E-state index in [0.717, 1.165) is 11.1 Å². The Morgan fingerprint density at radius 3 is 2.08 bits per heavy atom. The Balaban J connectivity index is 1.78. The number of urea groups is 1. The smallest absolute Gasteiger partial charge is 0.319 e. The van der Waals surface area contributed by atoms with Gasteiger partial charge in [-0.1, -0.05) is 78.3 Å². The highest BCUT2D eigenvalue weighted by atomic mass is 35.5. The summed E-state index contributed by atoms with van der Waals surface area (Å²) in [5.74, 6) is -0.652. The lowest BCUT2D eigenvalue weighted by molar-refractivity contribution is -0.181. The zero-order valence-electron chi connectivity index (χ0n) is 22.7. The predicted molar refractivity (Wildman–Crippen MR) is 154 cm³/mol. The average Bonchev–Trinajstić information content (AvgIpc) is 3.01. The van der Waals surface area contributed by atoms with Crippen molar-refractivity contribution in [1.82, 2.24) is 15.3 Å². The third kappa shape index (κ3) is 6.79. The number of amides is 4. The molecule has 0 aliphatic carbocycles. The van der Waals surface area contributed by atoms with Gasteiger partial charge in [-0.2, -0.15) is 0 Å². The van der Waals surface area contributed by atoms with Gasteiger partial charge in [-0.25, -0.2) is 14.8 Å². The van der Waals surface area contributed by atoms with Gasteiger partial charge in [-0.15, -0.1) is 0 Å². The molecule has 0 aromatic heterocycles. The van der Waals surface area contributed by atoms with Crippen LogP contribution in [0.3, 0.4) is 0 Å². The van der Waals surface area contributed by atoms with Crippen molar-refractivity contribution in [1.29, 1.82) is 0 Å². The van der Waals surface area contributed by atoms with Crippen LogP contribution >= 0.6 is 11.6 Å². The molecule has 0 spiro atoms. The van der Waals surface area contributed by atoms with Crippen LogP contribution in [0.15, 0.2) is 84.9 Å². The average molecular weight is 547 g/mol. The molecule has 39 heavy (non-hydrogen) atoms. The molecule has 3 aromatic carbocycles. The van der Waals surface area contributed by atoms with Crippen molar-refractivity contribution < 1.29 is 14.4 Å². The van der Waals surface area contributed by atoms with E-state index in [1.54, 1.807) is 29.3 Å². The number of nitrogens with one attached hydrogen (secondary N) is 2. The molecule has 1 heterocycles. The fourth-order valence-corrected chi connectivity index (χ4v) is 5.50. The molecule has 4 rings (SSSR count). The van der Waals surface area contributed by atoms with Gasteiger partial charge >= 0.3 is 6.03 Å². The number of carbonyl (C=O) groups is 3. The predicted octanol–water partition coefficient (Wildman–Crippen LogP) is 6.54. The van der Waals surface area contributed by atoms with E-state index >= 15 is 0 Å². The molecule has 0 saturated carbocycles. The normalized spacial score (nSPS) is 19.7. The second-order valence-corrected chi connectivity index (χ2v) is 11.3. The summed E-state index contributed by atoms with van der Waals surface area (Å²) in [6.07, 6.45) is 0.954. The quantitative estimate of drug-likeness (QED) is 0.381. The number of halogens is 1. The lowest BCUT2D eigenvalue weighted by Gasteiger charge is -2.47. The lowest BCUT2D eigenvalue weighted by Crippen LogP contribution is -2.61. The largest absolute Gasteiger partial charge is 0.326 e. The number of anilines is 1. The fourth-order valence-electron chi connectivity index (χ4n) is 5.31. The van der Waals surface area contributed by atoms with Crippen LogP contribution in [-0.2, 0) is 9.59 Å². The molecule has 2 N–H and O–H groups in total. The maximum atomic E-state index is 14.4. The molecule has 1 aliphatic heterocycles. The van der Waals surface area contributed by atoms with Crippen molar-refractivity contribution in [2.24, 2.45) is 0 Å². The van der Waals surface area contributed by atoms with E-state index in [4.69, 9.17) is 11.6 Å². The highest BCUT2D eigenvalue weighted by Gasteiger charge is 2.45. The molecule has 3 aromatic rings. The number of hydrogen-bond donors (Lipinski definition) is 2. The molecule has 3 unspecified atom stereocenters. The minimum atomic E-state index is -0.882. The van der Waals surface area contributed by atoms with Gasteiger partial charge in [0.15, 0.2) is 0 Å². The first kappa shape index (κ1) is 28.2. The maximum Gasteiger partial charge on any atom is 0.319 e. The first-order valence-corrected chi connectivity index (χ1v) is 13.5. The van der Waals surface area contributed by atoms with Crippen LogP contribution in [-0.4, -0.2) is 39.4 Å². The Hall–Kier alpha value is -3.84. The van der Waals surface area contributed by atoms with Crippen LogP contribution in [0.25, 0.3) is 0 Å². The third-order valence-corrected chi connectivity index (χ3v) is 7.07. The number of hydrogen-bond acceptors (Lipinski definition) is 3. The van der Waals surface area contributed by atoms with E-state index < -0.39 is 23.7 Å². The standard InChI is InChI=1S/C31H35ClN4O3/c1-21(37)36(31(2,3)4)35-28(23-14-9-6-10-15-23)19-24(22-12-7-5-8-13-22)18-27(29(35)38)34-30(39)33-26-17-11-16-25(32)20-26/h5-17,20,24,27-28H,18-19H2,1-4H3,(H2,33,34,39). The highest BCUT2D eigenvalue weighted by molar-refractivity contribution is 6.30. The number of carbonyl (C=O) groups excluding carboxylic acids is 3. The highest BCUT2D eigenvalue weighted by Crippen LogP contribution is 2.41. The zero-order valence-corrected chi connectivity index (χ0v) is 23.5. The van der Waals surface area contributed by atoms with Gasteiger partial charge in [0, 0.05) is 17.6 Å². The number of nitrogens with zero attached hydrogens (tertiary/aromatic N) is 2. The summed E-state index contributed by atoms with van der Waals surface area (Å²) in [7, 11) is 0. The van der Waals surface area contributed by atoms with Crippen LogP contribution in [0.1, 0.15) is 63.6 Å². The summed E-state index contributed by atoms with van der Waals surface area (Å²) in [5, 5.41) is 9.27. The number of benzene rings is 3.